The van der Waals surface area contributed by atoms with Crippen LogP contribution in [0.4, 0.5) is 4.79 Å². The van der Waals surface area contributed by atoms with Gasteiger partial charge in [0.05, 0.1) is 25.2 Å². The van der Waals surface area contributed by atoms with Crippen LogP contribution in [0.5, 0.6) is 0 Å². The highest BCUT2D eigenvalue weighted by Crippen LogP contribution is 2.22. The van der Waals surface area contributed by atoms with Gasteiger partial charge in [-0.3, -0.25) is 4.79 Å². The first-order chi connectivity index (χ1) is 8.79. The first-order valence-electron chi connectivity index (χ1n) is 6.67. The van der Waals surface area contributed by atoms with E-state index in [0.29, 0.717) is 26.3 Å². The summed E-state index contributed by atoms with van der Waals surface area (Å²) in [5.41, 5.74) is -0.355. The zero-order valence-corrected chi connectivity index (χ0v) is 12.2. The summed E-state index contributed by atoms with van der Waals surface area (Å²) in [5, 5.41) is 8.85. The normalized spacial score (nSPS) is 19.9. The van der Waals surface area contributed by atoms with Gasteiger partial charge in [0.15, 0.2) is 0 Å². The summed E-state index contributed by atoms with van der Waals surface area (Å²) in [5.74, 6) is -0.889. The minimum atomic E-state index is -0.889. The average Bonchev–Trinajstić information content (AvgIpc) is 2.27. The summed E-state index contributed by atoms with van der Waals surface area (Å²) in [4.78, 5) is 26.7. The minimum Gasteiger partial charge on any atom is -0.481 e. The number of amides is 2. The van der Waals surface area contributed by atoms with E-state index in [1.54, 1.807) is 16.7 Å². The summed E-state index contributed by atoms with van der Waals surface area (Å²) in [6.07, 6.45) is -0.0374. The molecular formula is C13H24N2O4. The summed E-state index contributed by atoms with van der Waals surface area (Å²) >= 11 is 0. The molecule has 0 aromatic carbocycles. The average molecular weight is 272 g/mol. The maximum Gasteiger partial charge on any atom is 0.320 e. The fourth-order valence-electron chi connectivity index (χ4n) is 2.37. The Kier molecular flexibility index (Phi) is 5.17. The first-order valence-corrected chi connectivity index (χ1v) is 6.67. The second kappa shape index (κ2) is 6.23. The molecule has 0 aromatic rings. The van der Waals surface area contributed by atoms with Crippen LogP contribution in [-0.2, 0) is 9.53 Å². The lowest BCUT2D eigenvalue weighted by atomic mass is 10.0. The van der Waals surface area contributed by atoms with Crippen molar-refractivity contribution in [3.63, 3.8) is 0 Å². The van der Waals surface area contributed by atoms with Crippen LogP contribution in [0.2, 0.25) is 0 Å². The van der Waals surface area contributed by atoms with E-state index in [-0.39, 0.29) is 24.0 Å². The third-order valence-corrected chi connectivity index (χ3v) is 3.46. The Morgan fingerprint density at radius 1 is 1.47 bits per heavy atom. The monoisotopic (exact) mass is 272 g/mol. The zero-order valence-electron chi connectivity index (χ0n) is 12.2. The van der Waals surface area contributed by atoms with Gasteiger partial charge < -0.3 is 19.6 Å². The largest absolute Gasteiger partial charge is 0.481 e. The van der Waals surface area contributed by atoms with Gasteiger partial charge in [0.1, 0.15) is 0 Å². The van der Waals surface area contributed by atoms with Crippen molar-refractivity contribution in [2.45, 2.75) is 45.7 Å². The molecule has 1 unspecified atom stereocenters. The van der Waals surface area contributed by atoms with Gasteiger partial charge in [-0.05, 0) is 27.7 Å². The summed E-state index contributed by atoms with van der Waals surface area (Å²) in [6, 6.07) is -0.418. The molecule has 1 aliphatic heterocycles. The Labute approximate surface area is 114 Å². The number of aliphatic carboxylic acids is 1. The molecule has 6 nitrogen and oxygen atoms in total. The molecule has 0 radical (unpaired) electrons. The summed E-state index contributed by atoms with van der Waals surface area (Å²) < 4.78 is 5.40. The number of urea groups is 1. The van der Waals surface area contributed by atoms with E-state index in [1.165, 1.54) is 0 Å². The highest BCUT2D eigenvalue weighted by molar-refractivity contribution is 5.77. The molecule has 1 fully saturated rings. The van der Waals surface area contributed by atoms with Crippen LogP contribution >= 0.6 is 0 Å². The van der Waals surface area contributed by atoms with Crippen LogP contribution in [0.25, 0.3) is 0 Å². The van der Waals surface area contributed by atoms with Crippen molar-refractivity contribution in [2.24, 2.45) is 0 Å². The lowest BCUT2D eigenvalue weighted by molar-refractivity contribution is -0.138. The lowest BCUT2D eigenvalue weighted by Gasteiger charge is -2.45. The van der Waals surface area contributed by atoms with Crippen LogP contribution in [0, 0.1) is 0 Å². The number of carboxylic acids is 1. The number of ether oxygens (including phenoxy) is 1. The van der Waals surface area contributed by atoms with Crippen molar-refractivity contribution in [2.75, 3.05) is 26.3 Å². The number of hydrogen-bond donors (Lipinski definition) is 1. The number of morpholine rings is 1. The molecule has 1 saturated heterocycles. The van der Waals surface area contributed by atoms with E-state index in [9.17, 15) is 9.59 Å². The zero-order chi connectivity index (χ0) is 14.6. The molecule has 2 amide bonds. The van der Waals surface area contributed by atoms with Crippen molar-refractivity contribution in [3.8, 4) is 0 Å². The third-order valence-electron chi connectivity index (χ3n) is 3.46. The maximum absolute atomic E-state index is 12.6. The molecule has 1 aliphatic rings. The van der Waals surface area contributed by atoms with Crippen LogP contribution in [-0.4, -0.2) is 64.8 Å². The summed E-state index contributed by atoms with van der Waals surface area (Å²) in [7, 11) is 0. The van der Waals surface area contributed by atoms with Crippen molar-refractivity contribution < 1.29 is 19.4 Å². The van der Waals surface area contributed by atoms with Crippen molar-refractivity contribution in [1.82, 2.24) is 9.80 Å². The second-order valence-electron chi connectivity index (χ2n) is 5.53. The highest BCUT2D eigenvalue weighted by atomic mass is 16.5. The molecule has 0 aliphatic carbocycles. The van der Waals surface area contributed by atoms with Crippen LogP contribution in [0.3, 0.4) is 0 Å². The molecule has 1 atom stereocenters. The maximum atomic E-state index is 12.6. The van der Waals surface area contributed by atoms with E-state index in [2.05, 4.69) is 0 Å². The molecule has 0 spiro atoms. The van der Waals surface area contributed by atoms with Gasteiger partial charge in [-0.1, -0.05) is 0 Å². The van der Waals surface area contributed by atoms with Gasteiger partial charge in [0.2, 0.25) is 0 Å². The first kappa shape index (κ1) is 15.8. The Hall–Kier alpha value is -1.30. The smallest absolute Gasteiger partial charge is 0.320 e. The Balaban J connectivity index is 2.79. The van der Waals surface area contributed by atoms with E-state index in [1.807, 2.05) is 20.8 Å². The van der Waals surface area contributed by atoms with Crippen molar-refractivity contribution in [3.05, 3.63) is 0 Å². The van der Waals surface area contributed by atoms with Gasteiger partial charge in [-0.2, -0.15) is 0 Å². The van der Waals surface area contributed by atoms with E-state index in [0.717, 1.165) is 0 Å². The van der Waals surface area contributed by atoms with Crippen LogP contribution in [0.15, 0.2) is 0 Å². The van der Waals surface area contributed by atoms with Crippen LogP contribution < -0.4 is 0 Å². The molecule has 1 rings (SSSR count). The fourth-order valence-corrected chi connectivity index (χ4v) is 2.37. The second-order valence-corrected chi connectivity index (χ2v) is 5.53. The topological polar surface area (TPSA) is 70.1 Å². The fraction of sp³-hybridized carbons (Fsp3) is 0.846. The van der Waals surface area contributed by atoms with Gasteiger partial charge in [0.25, 0.3) is 0 Å². The molecule has 0 saturated carbocycles. The minimum absolute atomic E-state index is 0.0374. The number of carbonyl (C=O) groups is 2. The van der Waals surface area contributed by atoms with Gasteiger partial charge in [-0.15, -0.1) is 0 Å². The Morgan fingerprint density at radius 2 is 2.11 bits per heavy atom. The van der Waals surface area contributed by atoms with Crippen LogP contribution in [0.1, 0.15) is 34.1 Å². The quantitative estimate of drug-likeness (QED) is 0.840. The third kappa shape index (κ3) is 3.83. The van der Waals surface area contributed by atoms with Crippen molar-refractivity contribution >= 4 is 12.0 Å². The van der Waals surface area contributed by atoms with Gasteiger partial charge in [0, 0.05) is 19.1 Å². The van der Waals surface area contributed by atoms with E-state index < -0.39 is 5.97 Å². The van der Waals surface area contributed by atoms with Crippen molar-refractivity contribution in [1.29, 1.82) is 0 Å². The number of rotatable bonds is 4. The predicted molar refractivity (Wildman–Crippen MR) is 71.1 cm³/mol. The highest BCUT2D eigenvalue weighted by Gasteiger charge is 2.37. The standard InChI is InChI=1S/C13H24N2O4/c1-5-14(10(2)8-11(16)17)12(18)15-6-7-19-9-13(15,3)4/h10H,5-9H2,1-4H3,(H,16,17). The predicted octanol–water partition coefficient (Wildman–Crippen LogP) is 1.40. The number of carboxylic acid groups (broad SMARTS) is 1. The number of nitrogens with zero attached hydrogens (tertiary/aromatic N) is 2. The summed E-state index contributed by atoms with van der Waals surface area (Å²) in [6.45, 7) is 9.62. The molecule has 1 heterocycles. The molecule has 6 heteroatoms. The molecule has 19 heavy (non-hydrogen) atoms. The number of carbonyl (C=O) groups excluding carboxylic acids is 1. The molecule has 0 bridgehead atoms. The number of hydrogen-bond acceptors (Lipinski definition) is 3. The van der Waals surface area contributed by atoms with E-state index >= 15 is 0 Å². The Bertz CT molecular complexity index is 344. The van der Waals surface area contributed by atoms with Gasteiger partial charge in [-0.25, -0.2) is 4.79 Å². The van der Waals surface area contributed by atoms with E-state index in [4.69, 9.17) is 9.84 Å². The molecule has 1 N–H and O–H groups in total. The molecule has 0 aromatic heterocycles. The SMILES string of the molecule is CCN(C(=O)N1CCOCC1(C)C)C(C)CC(=O)O. The lowest BCUT2D eigenvalue weighted by Crippen LogP contribution is -2.60. The molecule has 110 valence electrons. The van der Waals surface area contributed by atoms with Gasteiger partial charge >= 0.3 is 12.0 Å². The Morgan fingerprint density at radius 3 is 2.58 bits per heavy atom. The molecular weight excluding hydrogens is 248 g/mol.